The fraction of sp³-hybridized carbons (Fsp3) is 0.625. The van der Waals surface area contributed by atoms with Crippen LogP contribution >= 0.6 is 0 Å². The number of nitrogens with one attached hydrogen (secondary N) is 1. The predicted octanol–water partition coefficient (Wildman–Crippen LogP) is 2.20. The van der Waals surface area contributed by atoms with Crippen LogP contribution < -0.4 is 14.8 Å². The van der Waals surface area contributed by atoms with Crippen molar-refractivity contribution < 1.29 is 14.6 Å². The van der Waals surface area contributed by atoms with Gasteiger partial charge in [0.1, 0.15) is 11.5 Å². The molecule has 3 rings (SSSR count). The molecular formula is C16H23NO3. The molecule has 2 bridgehead atoms. The van der Waals surface area contributed by atoms with Gasteiger partial charge in [-0.3, -0.25) is 0 Å². The van der Waals surface area contributed by atoms with Gasteiger partial charge in [-0.25, -0.2) is 0 Å². The Morgan fingerprint density at radius 2 is 1.85 bits per heavy atom. The number of piperidine rings is 2. The first kappa shape index (κ1) is 13.7. The highest BCUT2D eigenvalue weighted by atomic mass is 16.5. The van der Waals surface area contributed by atoms with Gasteiger partial charge in [-0.05, 0) is 43.9 Å². The van der Waals surface area contributed by atoms with Gasteiger partial charge in [0.15, 0.2) is 0 Å². The van der Waals surface area contributed by atoms with Crippen molar-refractivity contribution in [1.29, 1.82) is 0 Å². The van der Waals surface area contributed by atoms with Crippen LogP contribution in [-0.2, 0) is 5.60 Å². The van der Waals surface area contributed by atoms with E-state index in [-0.39, 0.29) is 0 Å². The summed E-state index contributed by atoms with van der Waals surface area (Å²) in [5.74, 6) is 1.51. The van der Waals surface area contributed by atoms with Crippen molar-refractivity contribution in [2.75, 3.05) is 14.2 Å². The summed E-state index contributed by atoms with van der Waals surface area (Å²) in [5, 5.41) is 14.8. The van der Waals surface area contributed by atoms with Crippen molar-refractivity contribution in [2.24, 2.45) is 0 Å². The van der Waals surface area contributed by atoms with E-state index in [9.17, 15) is 5.11 Å². The molecule has 2 saturated heterocycles. The van der Waals surface area contributed by atoms with Crippen molar-refractivity contribution in [3.8, 4) is 11.5 Å². The molecule has 2 atom stereocenters. The zero-order valence-corrected chi connectivity index (χ0v) is 12.2. The van der Waals surface area contributed by atoms with Gasteiger partial charge in [0, 0.05) is 17.6 Å². The topological polar surface area (TPSA) is 50.7 Å². The summed E-state index contributed by atoms with van der Waals surface area (Å²) < 4.78 is 10.8. The second-order valence-corrected chi connectivity index (χ2v) is 6.00. The average molecular weight is 277 g/mol. The Kier molecular flexibility index (Phi) is 3.61. The summed E-state index contributed by atoms with van der Waals surface area (Å²) in [6, 6.07) is 6.48. The van der Waals surface area contributed by atoms with Gasteiger partial charge in [0.25, 0.3) is 0 Å². The fourth-order valence-corrected chi connectivity index (χ4v) is 3.73. The normalized spacial score (nSPS) is 32.8. The number of rotatable bonds is 3. The molecule has 110 valence electrons. The first-order chi connectivity index (χ1) is 9.64. The lowest BCUT2D eigenvalue weighted by atomic mass is 9.73. The largest absolute Gasteiger partial charge is 0.497 e. The molecule has 0 aliphatic carbocycles. The van der Waals surface area contributed by atoms with Crippen LogP contribution in [0.1, 0.15) is 37.7 Å². The van der Waals surface area contributed by atoms with E-state index in [0.717, 1.165) is 42.7 Å². The zero-order valence-electron chi connectivity index (χ0n) is 12.2. The number of fused-ring (bicyclic) bond motifs is 2. The van der Waals surface area contributed by atoms with E-state index in [1.54, 1.807) is 14.2 Å². The number of ether oxygens (including phenoxy) is 2. The SMILES string of the molecule is COc1ccc(OC)c(C2(O)CC3CCCC(C2)N3)c1. The Bertz CT molecular complexity index is 477. The number of hydrogen-bond acceptors (Lipinski definition) is 4. The highest BCUT2D eigenvalue weighted by molar-refractivity contribution is 5.44. The predicted molar refractivity (Wildman–Crippen MR) is 77.2 cm³/mol. The minimum Gasteiger partial charge on any atom is -0.497 e. The van der Waals surface area contributed by atoms with Gasteiger partial charge in [0.05, 0.1) is 19.8 Å². The van der Waals surface area contributed by atoms with E-state index in [0.29, 0.717) is 12.1 Å². The molecule has 2 aliphatic heterocycles. The lowest BCUT2D eigenvalue weighted by Crippen LogP contribution is -2.54. The van der Waals surface area contributed by atoms with Crippen LogP contribution in [0.5, 0.6) is 11.5 Å². The maximum Gasteiger partial charge on any atom is 0.125 e. The fourth-order valence-electron chi connectivity index (χ4n) is 3.73. The molecule has 2 aliphatic rings. The third-order valence-electron chi connectivity index (χ3n) is 4.65. The van der Waals surface area contributed by atoms with Crippen LogP contribution in [0.15, 0.2) is 18.2 Å². The van der Waals surface area contributed by atoms with Crippen LogP contribution in [-0.4, -0.2) is 31.4 Å². The zero-order chi connectivity index (χ0) is 14.2. The van der Waals surface area contributed by atoms with E-state index in [1.807, 2.05) is 18.2 Å². The molecule has 2 heterocycles. The second kappa shape index (κ2) is 5.26. The number of methoxy groups -OCH3 is 2. The number of aliphatic hydroxyl groups is 1. The van der Waals surface area contributed by atoms with Crippen molar-refractivity contribution >= 4 is 0 Å². The van der Waals surface area contributed by atoms with Gasteiger partial charge in [-0.1, -0.05) is 6.42 Å². The Morgan fingerprint density at radius 1 is 1.15 bits per heavy atom. The molecule has 1 aromatic carbocycles. The smallest absolute Gasteiger partial charge is 0.125 e. The van der Waals surface area contributed by atoms with E-state index < -0.39 is 5.60 Å². The quantitative estimate of drug-likeness (QED) is 0.889. The highest BCUT2D eigenvalue weighted by Crippen LogP contribution is 2.44. The van der Waals surface area contributed by atoms with Crippen molar-refractivity contribution in [1.82, 2.24) is 5.32 Å². The summed E-state index contributed by atoms with van der Waals surface area (Å²) in [5.41, 5.74) is 0.0405. The van der Waals surface area contributed by atoms with Crippen LogP contribution in [0.4, 0.5) is 0 Å². The van der Waals surface area contributed by atoms with Crippen LogP contribution in [0.2, 0.25) is 0 Å². The maximum absolute atomic E-state index is 11.2. The molecule has 2 unspecified atom stereocenters. The van der Waals surface area contributed by atoms with Gasteiger partial charge in [-0.15, -0.1) is 0 Å². The number of hydrogen-bond donors (Lipinski definition) is 2. The van der Waals surface area contributed by atoms with E-state index in [4.69, 9.17) is 9.47 Å². The summed E-state index contributed by atoms with van der Waals surface area (Å²) in [4.78, 5) is 0. The molecule has 0 amide bonds. The lowest BCUT2D eigenvalue weighted by molar-refractivity contribution is -0.0374. The molecular weight excluding hydrogens is 254 g/mol. The van der Waals surface area contributed by atoms with Crippen molar-refractivity contribution in [2.45, 2.75) is 49.8 Å². The standard InChI is InChI=1S/C16H23NO3/c1-19-13-6-7-15(20-2)14(8-13)16(18)9-11-4-3-5-12(10-16)17-11/h6-8,11-12,17-18H,3-5,9-10H2,1-2H3. The Hall–Kier alpha value is -1.26. The average Bonchev–Trinajstić information content (AvgIpc) is 2.46. The molecule has 4 nitrogen and oxygen atoms in total. The Morgan fingerprint density at radius 3 is 2.45 bits per heavy atom. The molecule has 2 fully saturated rings. The first-order valence-corrected chi connectivity index (χ1v) is 7.35. The Balaban J connectivity index is 1.97. The monoisotopic (exact) mass is 277 g/mol. The number of benzene rings is 1. The van der Waals surface area contributed by atoms with Gasteiger partial charge in [-0.2, -0.15) is 0 Å². The molecule has 2 N–H and O–H groups in total. The van der Waals surface area contributed by atoms with Gasteiger partial charge in [0.2, 0.25) is 0 Å². The minimum atomic E-state index is -0.819. The van der Waals surface area contributed by atoms with E-state index >= 15 is 0 Å². The second-order valence-electron chi connectivity index (χ2n) is 6.00. The molecule has 0 saturated carbocycles. The molecule has 0 aromatic heterocycles. The minimum absolute atomic E-state index is 0.406. The third kappa shape index (κ3) is 2.38. The maximum atomic E-state index is 11.2. The van der Waals surface area contributed by atoms with Crippen LogP contribution in [0.25, 0.3) is 0 Å². The molecule has 0 spiro atoms. The summed E-state index contributed by atoms with van der Waals surface area (Å²) in [6.07, 6.45) is 5.03. The van der Waals surface area contributed by atoms with Gasteiger partial charge < -0.3 is 19.9 Å². The molecule has 4 heteroatoms. The summed E-state index contributed by atoms with van der Waals surface area (Å²) >= 11 is 0. The van der Waals surface area contributed by atoms with E-state index in [2.05, 4.69) is 5.32 Å². The lowest BCUT2D eigenvalue weighted by Gasteiger charge is -2.45. The third-order valence-corrected chi connectivity index (χ3v) is 4.65. The highest BCUT2D eigenvalue weighted by Gasteiger charge is 2.43. The van der Waals surface area contributed by atoms with Crippen LogP contribution in [0.3, 0.4) is 0 Å². The first-order valence-electron chi connectivity index (χ1n) is 7.35. The van der Waals surface area contributed by atoms with Crippen LogP contribution in [0, 0.1) is 0 Å². The molecule has 20 heavy (non-hydrogen) atoms. The van der Waals surface area contributed by atoms with Crippen molar-refractivity contribution in [3.63, 3.8) is 0 Å². The Labute approximate surface area is 120 Å². The molecule has 1 aromatic rings. The summed E-state index contributed by atoms with van der Waals surface area (Å²) in [6.45, 7) is 0. The van der Waals surface area contributed by atoms with Crippen molar-refractivity contribution in [3.05, 3.63) is 23.8 Å². The molecule has 0 radical (unpaired) electrons. The van der Waals surface area contributed by atoms with Gasteiger partial charge >= 0.3 is 0 Å². The van der Waals surface area contributed by atoms with E-state index in [1.165, 1.54) is 6.42 Å². The summed E-state index contributed by atoms with van der Waals surface area (Å²) in [7, 11) is 3.30.